The van der Waals surface area contributed by atoms with Gasteiger partial charge in [-0.1, -0.05) is 127 Å². The first-order valence-corrected chi connectivity index (χ1v) is 15.5. The Kier molecular flexibility index (Phi) is 5.25. The molecule has 214 valence electrons. The molecule has 3 heterocycles. The summed E-state index contributed by atoms with van der Waals surface area (Å²) in [6.45, 7) is 0. The van der Waals surface area contributed by atoms with E-state index < -0.39 is 0 Å². The highest BCUT2D eigenvalue weighted by atomic mass is 16.3. The van der Waals surface area contributed by atoms with Crippen LogP contribution < -0.4 is 0 Å². The topological polar surface area (TPSA) is 43.9 Å². The van der Waals surface area contributed by atoms with Gasteiger partial charge in [-0.3, -0.25) is 0 Å². The van der Waals surface area contributed by atoms with Crippen LogP contribution in [0, 0.1) is 0 Å². The lowest BCUT2D eigenvalue weighted by molar-refractivity contribution is 0.653. The predicted molar refractivity (Wildman–Crippen MR) is 190 cm³/mol. The molecule has 46 heavy (non-hydrogen) atoms. The van der Waals surface area contributed by atoms with Crippen molar-refractivity contribution in [2.45, 2.75) is 0 Å². The van der Waals surface area contributed by atoms with Gasteiger partial charge in [0, 0.05) is 38.4 Å². The quantitative estimate of drug-likeness (QED) is 0.193. The summed E-state index contributed by atoms with van der Waals surface area (Å²) in [4.78, 5) is 10.1. The standard InChI is InChI=1S/C42H25N3O/c1-3-13-26(14-4-1)39-38-34-25-28(23-24-36(34)46-42(38)44-41(43-39)27-15-5-2-6-16-27)45-35-22-12-11-21-33(35)37-31-19-9-7-17-29(31)30-18-8-10-20-32(30)40(37)45/h1-25H. The minimum atomic E-state index is 0.582. The molecule has 0 bridgehead atoms. The van der Waals surface area contributed by atoms with Gasteiger partial charge in [0.05, 0.1) is 22.1 Å². The molecule has 0 amide bonds. The number of para-hydroxylation sites is 1. The third-order valence-corrected chi connectivity index (χ3v) is 9.20. The van der Waals surface area contributed by atoms with Gasteiger partial charge in [0.15, 0.2) is 5.82 Å². The van der Waals surface area contributed by atoms with Crippen molar-refractivity contribution in [3.63, 3.8) is 0 Å². The van der Waals surface area contributed by atoms with E-state index in [1.54, 1.807) is 0 Å². The van der Waals surface area contributed by atoms with Gasteiger partial charge in [-0.15, -0.1) is 0 Å². The number of hydrogen-bond acceptors (Lipinski definition) is 3. The Labute approximate surface area is 263 Å². The number of aromatic nitrogens is 3. The summed E-state index contributed by atoms with van der Waals surface area (Å²) in [6.07, 6.45) is 0. The second-order valence-corrected chi connectivity index (χ2v) is 11.8. The molecule has 0 N–H and O–H groups in total. The van der Waals surface area contributed by atoms with Gasteiger partial charge in [-0.05, 0) is 40.4 Å². The van der Waals surface area contributed by atoms with E-state index in [2.05, 4.69) is 108 Å². The maximum absolute atomic E-state index is 6.49. The highest BCUT2D eigenvalue weighted by molar-refractivity contribution is 6.32. The molecule has 3 aromatic heterocycles. The third-order valence-electron chi connectivity index (χ3n) is 9.20. The number of fused-ring (bicyclic) bond motifs is 11. The zero-order valence-electron chi connectivity index (χ0n) is 24.7. The Morgan fingerprint density at radius 3 is 1.83 bits per heavy atom. The van der Waals surface area contributed by atoms with Crippen LogP contribution >= 0.6 is 0 Å². The van der Waals surface area contributed by atoms with Crippen molar-refractivity contribution in [2.75, 3.05) is 0 Å². The zero-order valence-corrected chi connectivity index (χ0v) is 24.7. The number of nitrogens with zero attached hydrogens (tertiary/aromatic N) is 3. The van der Waals surface area contributed by atoms with E-state index in [1.807, 2.05) is 48.5 Å². The molecule has 0 fully saturated rings. The molecule has 0 aliphatic carbocycles. The maximum atomic E-state index is 6.49. The summed E-state index contributed by atoms with van der Waals surface area (Å²) < 4.78 is 8.91. The molecule has 0 aliphatic rings. The third kappa shape index (κ3) is 3.55. The van der Waals surface area contributed by atoms with Crippen LogP contribution in [0.25, 0.3) is 93.8 Å². The molecule has 4 heteroatoms. The van der Waals surface area contributed by atoms with E-state index in [4.69, 9.17) is 14.4 Å². The van der Waals surface area contributed by atoms with Crippen LogP contribution in [0.2, 0.25) is 0 Å². The molecule has 10 rings (SSSR count). The van der Waals surface area contributed by atoms with Crippen LogP contribution in [0.1, 0.15) is 0 Å². The zero-order chi connectivity index (χ0) is 30.2. The van der Waals surface area contributed by atoms with Gasteiger partial charge in [-0.25, -0.2) is 4.98 Å². The van der Waals surface area contributed by atoms with Gasteiger partial charge in [-0.2, -0.15) is 4.98 Å². The summed E-state index contributed by atoms with van der Waals surface area (Å²) in [5.74, 6) is 0.645. The molecule has 0 atom stereocenters. The number of benzene rings is 7. The van der Waals surface area contributed by atoms with E-state index in [0.717, 1.165) is 44.4 Å². The number of furan rings is 1. The molecular formula is C42H25N3O. The van der Waals surface area contributed by atoms with E-state index in [-0.39, 0.29) is 0 Å². The molecule has 0 saturated carbocycles. The summed E-state index contributed by atoms with van der Waals surface area (Å²) >= 11 is 0. The second-order valence-electron chi connectivity index (χ2n) is 11.8. The van der Waals surface area contributed by atoms with Gasteiger partial charge in [0.25, 0.3) is 0 Å². The number of rotatable bonds is 3. The Hall–Kier alpha value is -6.26. The van der Waals surface area contributed by atoms with Crippen molar-refractivity contribution in [1.82, 2.24) is 14.5 Å². The Morgan fingerprint density at radius 1 is 0.457 bits per heavy atom. The fraction of sp³-hybridized carbons (Fsp3) is 0. The summed E-state index contributed by atoms with van der Waals surface area (Å²) in [5, 5.41) is 9.40. The summed E-state index contributed by atoms with van der Waals surface area (Å²) in [5.41, 5.74) is 7.63. The monoisotopic (exact) mass is 587 g/mol. The lowest BCUT2D eigenvalue weighted by Gasteiger charge is -2.12. The van der Waals surface area contributed by atoms with Gasteiger partial charge in [0.2, 0.25) is 5.71 Å². The van der Waals surface area contributed by atoms with Crippen molar-refractivity contribution < 1.29 is 4.42 Å². The first kappa shape index (κ1) is 25.1. The molecule has 0 aliphatic heterocycles. The minimum Gasteiger partial charge on any atom is -0.438 e. The average molecular weight is 588 g/mol. The lowest BCUT2D eigenvalue weighted by atomic mass is 9.97. The fourth-order valence-electron chi connectivity index (χ4n) is 7.22. The van der Waals surface area contributed by atoms with E-state index in [0.29, 0.717) is 11.5 Å². The van der Waals surface area contributed by atoms with Crippen LogP contribution in [0.3, 0.4) is 0 Å². The molecule has 4 nitrogen and oxygen atoms in total. The highest BCUT2D eigenvalue weighted by Gasteiger charge is 2.22. The van der Waals surface area contributed by atoms with Gasteiger partial charge >= 0.3 is 0 Å². The Morgan fingerprint density at radius 2 is 1.07 bits per heavy atom. The average Bonchev–Trinajstić information content (AvgIpc) is 3.68. The van der Waals surface area contributed by atoms with Crippen molar-refractivity contribution >= 4 is 65.4 Å². The first-order chi connectivity index (χ1) is 22.8. The Bertz CT molecular complexity index is 2790. The maximum Gasteiger partial charge on any atom is 0.231 e. The van der Waals surface area contributed by atoms with Crippen molar-refractivity contribution in [3.05, 3.63) is 152 Å². The normalized spacial score (nSPS) is 11.9. The van der Waals surface area contributed by atoms with Crippen LogP contribution in [0.4, 0.5) is 0 Å². The summed E-state index contributed by atoms with van der Waals surface area (Å²) in [6, 6.07) is 53.1. The smallest absolute Gasteiger partial charge is 0.231 e. The van der Waals surface area contributed by atoms with E-state index in [9.17, 15) is 0 Å². The highest BCUT2D eigenvalue weighted by Crippen LogP contribution is 2.43. The molecule has 0 unspecified atom stereocenters. The lowest BCUT2D eigenvalue weighted by Crippen LogP contribution is -1.95. The largest absolute Gasteiger partial charge is 0.438 e. The van der Waals surface area contributed by atoms with Crippen molar-refractivity contribution in [1.29, 1.82) is 0 Å². The molecular weight excluding hydrogens is 562 g/mol. The van der Waals surface area contributed by atoms with Crippen LogP contribution in [-0.4, -0.2) is 14.5 Å². The van der Waals surface area contributed by atoms with Crippen molar-refractivity contribution in [2.24, 2.45) is 0 Å². The second kappa shape index (κ2) is 9.62. The van der Waals surface area contributed by atoms with Gasteiger partial charge < -0.3 is 8.98 Å². The van der Waals surface area contributed by atoms with Crippen LogP contribution in [0.15, 0.2) is 156 Å². The van der Waals surface area contributed by atoms with Crippen molar-refractivity contribution in [3.8, 4) is 28.3 Å². The Balaban J connectivity index is 1.33. The SMILES string of the molecule is c1ccc(-c2nc(-c3ccccc3)c3c(n2)oc2ccc(-n4c5ccccc5c5c6ccccc6c6ccccc6c54)cc23)cc1. The first-order valence-electron chi connectivity index (χ1n) is 15.5. The molecule has 0 spiro atoms. The van der Waals surface area contributed by atoms with E-state index in [1.165, 1.54) is 37.8 Å². The van der Waals surface area contributed by atoms with Crippen LogP contribution in [0.5, 0.6) is 0 Å². The molecule has 0 saturated heterocycles. The van der Waals surface area contributed by atoms with Gasteiger partial charge in [0.1, 0.15) is 5.58 Å². The predicted octanol–water partition coefficient (Wildman–Crippen LogP) is 11.1. The molecule has 7 aromatic carbocycles. The summed E-state index contributed by atoms with van der Waals surface area (Å²) in [7, 11) is 0. The fourth-order valence-corrected chi connectivity index (χ4v) is 7.22. The van der Waals surface area contributed by atoms with E-state index >= 15 is 0 Å². The molecule has 0 radical (unpaired) electrons. The number of hydrogen-bond donors (Lipinski definition) is 0. The van der Waals surface area contributed by atoms with Crippen LogP contribution in [-0.2, 0) is 0 Å². The minimum absolute atomic E-state index is 0.582. The molecule has 10 aromatic rings.